The first-order valence-corrected chi connectivity index (χ1v) is 56.8. The van der Waals surface area contributed by atoms with Crippen LogP contribution in [0.5, 0.6) is 0 Å². The molecule has 0 saturated carbocycles. The van der Waals surface area contributed by atoms with Crippen LogP contribution in [0.3, 0.4) is 0 Å². The average molecular weight is 2070 g/mol. The van der Waals surface area contributed by atoms with Crippen molar-refractivity contribution in [3.63, 3.8) is 0 Å². The largest absolute Gasteiger partial charge is 0.480 e. The number of carboxylic acid groups (broad SMARTS) is 4. The number of carbonyl (C=O) groups is 4. The van der Waals surface area contributed by atoms with E-state index in [0.29, 0.717) is 76.8 Å². The molecule has 8 saturated heterocycles. The summed E-state index contributed by atoms with van der Waals surface area (Å²) in [6.45, 7) is 18.7. The van der Waals surface area contributed by atoms with Gasteiger partial charge in [-0.15, -0.1) is 0 Å². The molecule has 4 aromatic carbocycles. The topological polar surface area (TPSA) is 336 Å². The average Bonchev–Trinajstić information content (AvgIpc) is 1.67. The summed E-state index contributed by atoms with van der Waals surface area (Å²) in [6.07, 6.45) is 38.5. The molecule has 12 aliphatic rings. The summed E-state index contributed by atoms with van der Waals surface area (Å²) in [5.74, 6) is -0.0821. The molecule has 4 aromatic heterocycles. The van der Waals surface area contributed by atoms with Crippen LogP contribution in [0.4, 0.5) is 32.1 Å². The fourth-order valence-corrected chi connectivity index (χ4v) is 24.0. The number of halogens is 2. The van der Waals surface area contributed by atoms with Crippen LogP contribution in [-0.2, 0) is 108 Å². The van der Waals surface area contributed by atoms with E-state index in [1.165, 1.54) is 83.6 Å². The molecule has 8 fully saturated rings. The second-order valence-electron chi connectivity index (χ2n) is 43.2. The molecular formula is C120H162F2N12O16. The molecule has 0 unspecified atom stereocenters. The van der Waals surface area contributed by atoms with E-state index in [0.717, 1.165) is 363 Å². The smallest absolute Gasteiger partial charge is 0.325 e. The molecule has 812 valence electrons. The monoisotopic (exact) mass is 2070 g/mol. The second-order valence-corrected chi connectivity index (χ2v) is 43.2. The van der Waals surface area contributed by atoms with E-state index in [4.69, 9.17) is 57.8 Å². The number of anilines is 4. The number of hydrogen-bond donors (Lipinski definition) is 8. The second kappa shape index (κ2) is 56.7. The molecule has 8 aromatic rings. The number of hydrogen-bond acceptors (Lipinski definition) is 24. The van der Waals surface area contributed by atoms with Crippen molar-refractivity contribution >= 4 is 47.1 Å². The molecule has 20 rings (SSSR count). The molecule has 150 heavy (non-hydrogen) atoms. The number of fused-ring (bicyclic) bond motifs is 4. The van der Waals surface area contributed by atoms with Gasteiger partial charge in [-0.25, -0.2) is 28.7 Å². The Morgan fingerprint density at radius 1 is 0.320 bits per heavy atom. The molecule has 0 bridgehead atoms. The lowest BCUT2D eigenvalue weighted by atomic mass is 9.92. The van der Waals surface area contributed by atoms with Crippen molar-refractivity contribution < 1.29 is 86.3 Å². The Bertz CT molecular complexity index is 5340. The van der Waals surface area contributed by atoms with E-state index in [9.17, 15) is 48.4 Å². The minimum absolute atomic E-state index is 0.000122. The van der Waals surface area contributed by atoms with Crippen molar-refractivity contribution in [3.05, 3.63) is 234 Å². The Morgan fingerprint density at radius 2 is 0.580 bits per heavy atom. The third-order valence-corrected chi connectivity index (χ3v) is 32.0. The fourth-order valence-electron chi connectivity index (χ4n) is 24.0. The Hall–Kier alpha value is -10.1. The van der Waals surface area contributed by atoms with Gasteiger partial charge in [0.05, 0.1) is 48.8 Å². The third kappa shape index (κ3) is 31.2. The summed E-state index contributed by atoms with van der Waals surface area (Å²) in [5, 5.41) is 54.4. The van der Waals surface area contributed by atoms with Crippen molar-refractivity contribution in [2.75, 3.05) is 153 Å². The van der Waals surface area contributed by atoms with E-state index in [2.05, 4.69) is 104 Å². The van der Waals surface area contributed by atoms with Crippen LogP contribution in [-0.4, -0.2) is 240 Å². The summed E-state index contributed by atoms with van der Waals surface area (Å²) in [6, 6.07) is 35.7. The first-order chi connectivity index (χ1) is 73.3. The van der Waals surface area contributed by atoms with Crippen molar-refractivity contribution in [1.29, 1.82) is 0 Å². The minimum atomic E-state index is -0.959. The molecule has 12 atom stereocenters. The Morgan fingerprint density at radius 3 is 0.833 bits per heavy atom. The lowest BCUT2D eigenvalue weighted by Gasteiger charge is -2.30. The zero-order valence-corrected chi connectivity index (χ0v) is 88.5. The van der Waals surface area contributed by atoms with Gasteiger partial charge in [0.2, 0.25) is 0 Å². The highest BCUT2D eigenvalue weighted by Gasteiger charge is 2.43. The molecule has 28 nitrogen and oxygen atoms in total. The molecule has 16 heterocycles. The fraction of sp³-hybridized carbons (Fsp3) is 0.600. The summed E-state index contributed by atoms with van der Waals surface area (Å²) in [5.41, 5.74) is 18.5. The van der Waals surface area contributed by atoms with Gasteiger partial charge in [0.1, 0.15) is 59.1 Å². The van der Waals surface area contributed by atoms with Crippen LogP contribution in [0.2, 0.25) is 0 Å². The molecule has 0 spiro atoms. The van der Waals surface area contributed by atoms with E-state index in [1.807, 2.05) is 35.8 Å². The lowest BCUT2D eigenvalue weighted by molar-refractivity contribution is -0.144. The third-order valence-electron chi connectivity index (χ3n) is 32.0. The van der Waals surface area contributed by atoms with Gasteiger partial charge in [-0.1, -0.05) is 110 Å². The van der Waals surface area contributed by atoms with E-state index in [-0.39, 0.29) is 48.8 Å². The van der Waals surface area contributed by atoms with Crippen molar-refractivity contribution in [1.82, 2.24) is 39.5 Å². The Kier molecular flexibility index (Phi) is 42.0. The number of aromatic nitrogens is 4. The quantitative estimate of drug-likeness (QED) is 0.0164. The maximum atomic E-state index is 14.3. The number of carboxylic acids is 4. The maximum Gasteiger partial charge on any atom is 0.325 e. The molecule has 30 heteroatoms. The van der Waals surface area contributed by atoms with Crippen LogP contribution in [0.1, 0.15) is 342 Å². The van der Waals surface area contributed by atoms with Crippen LogP contribution in [0.15, 0.2) is 121 Å². The number of benzene rings is 4. The highest BCUT2D eigenvalue weighted by molar-refractivity contribution is 5.79. The van der Waals surface area contributed by atoms with Crippen LogP contribution >= 0.6 is 0 Å². The standard InChI is InChI=1S/2C30H40FN3O4.2C30H41N3O4/c2*31-22-11-13-25(27-9-3-5-18-38-27)26(19-22)28(30(35)36)34-16-14-24(20-34)37-17-4-1-2-8-23-12-10-21-7-6-15-32-29(21)33-23;2*1-21-10-13-25(27-9-6-18-37-27)26(19-21)28(30(34)35)33-16-14-24(20-33)36-17-4-2-3-8-23-12-11-22-7-5-15-31-29(22)32-23/h2*10-13,19,24,27-28H,1-9,14-18,20H2,(H,32,33)(H,35,36);2*10-13,19,24,27-28H,2-9,14-18,20H2,1H3,(H,31,32)(H,34,35)/t24-,27-,28+;24-,27-,28-;24-,27+,28+;24-,27+,28-/m1111/s1. The lowest BCUT2D eigenvalue weighted by Crippen LogP contribution is -2.34. The first kappa shape index (κ1) is 111. The predicted octanol–water partition coefficient (Wildman–Crippen LogP) is 21.4. The van der Waals surface area contributed by atoms with E-state index in [1.54, 1.807) is 12.1 Å². The molecule has 0 amide bonds. The number of rotatable bonds is 44. The summed E-state index contributed by atoms with van der Waals surface area (Å²) >= 11 is 0. The molecule has 12 aliphatic heterocycles. The van der Waals surface area contributed by atoms with Crippen molar-refractivity contribution in [2.45, 2.75) is 331 Å². The van der Waals surface area contributed by atoms with Gasteiger partial charge in [0.25, 0.3) is 0 Å². The van der Waals surface area contributed by atoms with E-state index < -0.39 is 59.7 Å². The number of ether oxygens (including phenoxy) is 8. The number of nitrogens with one attached hydrogen (secondary N) is 4. The first-order valence-electron chi connectivity index (χ1n) is 56.8. The Labute approximate surface area is 885 Å². The maximum absolute atomic E-state index is 14.3. The number of pyridine rings is 4. The number of likely N-dealkylation sites (tertiary alicyclic amines) is 4. The zero-order valence-electron chi connectivity index (χ0n) is 88.5. The number of nitrogens with zero attached hydrogens (tertiary/aromatic N) is 8. The molecular weight excluding hydrogens is 1900 g/mol. The van der Waals surface area contributed by atoms with Gasteiger partial charge in [0.15, 0.2) is 0 Å². The number of aliphatic carboxylic acids is 4. The van der Waals surface area contributed by atoms with Crippen molar-refractivity contribution in [3.8, 4) is 0 Å². The van der Waals surface area contributed by atoms with E-state index >= 15 is 0 Å². The Balaban J connectivity index is 0.000000136. The van der Waals surface area contributed by atoms with Crippen LogP contribution < -0.4 is 21.3 Å². The van der Waals surface area contributed by atoms with Crippen molar-refractivity contribution in [2.24, 2.45) is 0 Å². The SMILES string of the molecule is Cc1ccc([C@@H]2CCCO2)c([C@@H](C(=O)O)N2CC[C@@H](OCCCCCc3ccc4c(n3)NCCC4)C2)c1.Cc1ccc([C@@H]2CCCO2)c([C@H](C(=O)O)N2CC[C@@H](OCCCCCc3ccc4c(n3)NCCC4)C2)c1.O=C(O)[C@@H](c1cc(F)ccc1[C@H]1CCCCO1)N1CC[C@@H](OCCCCCc2ccc3c(n2)NCCC3)C1.O=C(O)[C@H](c1cc(F)ccc1[C@H]1CCCCO1)N1CC[C@@H](OCCCCCc2ccc3c(n2)NCCC3)C1. The zero-order chi connectivity index (χ0) is 104. The van der Waals surface area contributed by atoms with Gasteiger partial charge in [-0.05, 0) is 347 Å². The van der Waals surface area contributed by atoms with Gasteiger partial charge in [-0.3, -0.25) is 38.8 Å². The minimum Gasteiger partial charge on any atom is -0.480 e. The highest BCUT2D eigenvalue weighted by atomic mass is 19.1. The summed E-state index contributed by atoms with van der Waals surface area (Å²) < 4.78 is 76.9. The summed E-state index contributed by atoms with van der Waals surface area (Å²) in [4.78, 5) is 76.9. The van der Waals surface area contributed by atoms with Crippen LogP contribution in [0.25, 0.3) is 0 Å². The van der Waals surface area contributed by atoms with Gasteiger partial charge < -0.3 is 79.6 Å². The predicted molar refractivity (Wildman–Crippen MR) is 576 cm³/mol. The van der Waals surface area contributed by atoms with Gasteiger partial charge in [-0.2, -0.15) is 0 Å². The molecule has 8 N–H and O–H groups in total. The molecule has 0 radical (unpaired) electrons. The number of unbranched alkanes of at least 4 members (excludes halogenated alkanes) is 8. The van der Waals surface area contributed by atoms with Gasteiger partial charge in [0, 0.05) is 154 Å². The summed E-state index contributed by atoms with van der Waals surface area (Å²) in [7, 11) is 0. The normalized spacial score (nSPS) is 22.5. The number of aryl methyl sites for hydroxylation is 10. The van der Waals surface area contributed by atoms with Gasteiger partial charge >= 0.3 is 23.9 Å². The van der Waals surface area contributed by atoms with Crippen LogP contribution in [0, 0.1) is 25.5 Å². The highest BCUT2D eigenvalue weighted by Crippen LogP contribution is 2.44. The molecule has 0 aliphatic carbocycles.